The van der Waals surface area contributed by atoms with Gasteiger partial charge in [0, 0.05) is 19.3 Å². The van der Waals surface area contributed by atoms with Crippen LogP contribution in [-0.4, -0.2) is 37.2 Å². The Balaban J connectivity index is 4.34. The lowest BCUT2D eigenvalue weighted by Crippen LogP contribution is -2.30. The minimum Gasteiger partial charge on any atom is -0.462 e. The van der Waals surface area contributed by atoms with Crippen LogP contribution < -0.4 is 0 Å². The Morgan fingerprint density at radius 1 is 0.288 bits per heavy atom. The minimum atomic E-state index is -0.772. The average molecular weight is 930 g/mol. The van der Waals surface area contributed by atoms with Gasteiger partial charge in [-0.15, -0.1) is 0 Å². The van der Waals surface area contributed by atoms with Crippen molar-refractivity contribution >= 4 is 17.9 Å². The molecule has 1 unspecified atom stereocenters. The summed E-state index contributed by atoms with van der Waals surface area (Å²) in [6.07, 6.45) is 64.5. The molecule has 0 saturated heterocycles. The van der Waals surface area contributed by atoms with E-state index >= 15 is 0 Å². The molecule has 0 amide bonds. The van der Waals surface area contributed by atoms with Gasteiger partial charge in [0.1, 0.15) is 13.2 Å². The zero-order valence-corrected chi connectivity index (χ0v) is 44.5. The van der Waals surface area contributed by atoms with E-state index < -0.39 is 6.10 Å². The number of carbonyl (C=O) groups excluding carboxylic acids is 3. The first kappa shape index (κ1) is 63.9. The third kappa shape index (κ3) is 52.9. The summed E-state index contributed by atoms with van der Waals surface area (Å²) in [6, 6.07) is 0. The molecule has 0 aromatic carbocycles. The summed E-state index contributed by atoms with van der Waals surface area (Å²) in [4.78, 5) is 38.2. The van der Waals surface area contributed by atoms with Crippen LogP contribution in [0.4, 0.5) is 0 Å². The number of carbonyl (C=O) groups is 3. The van der Waals surface area contributed by atoms with Gasteiger partial charge in [-0.2, -0.15) is 0 Å². The molecule has 0 aromatic rings. The lowest BCUT2D eigenvalue weighted by molar-refractivity contribution is -0.167. The predicted molar refractivity (Wildman–Crippen MR) is 284 cm³/mol. The van der Waals surface area contributed by atoms with Gasteiger partial charge < -0.3 is 14.2 Å². The van der Waals surface area contributed by atoms with Gasteiger partial charge in [0.15, 0.2) is 6.10 Å². The summed E-state index contributed by atoms with van der Waals surface area (Å²) in [5, 5.41) is 0. The number of ether oxygens (including phenoxy) is 3. The Hall–Kier alpha value is -2.11. The largest absolute Gasteiger partial charge is 0.462 e. The summed E-state index contributed by atoms with van der Waals surface area (Å²) < 4.78 is 16.9. The number of allylic oxidation sites excluding steroid dienone is 4. The molecule has 0 aliphatic heterocycles. The van der Waals surface area contributed by atoms with Gasteiger partial charge in [0.2, 0.25) is 0 Å². The maximum absolute atomic E-state index is 12.9. The second-order valence-corrected chi connectivity index (χ2v) is 19.9. The smallest absolute Gasteiger partial charge is 0.306 e. The third-order valence-corrected chi connectivity index (χ3v) is 13.2. The molecule has 1 atom stereocenters. The molecule has 0 bridgehead atoms. The number of hydrogen-bond donors (Lipinski definition) is 0. The molecule has 0 saturated carbocycles. The maximum atomic E-state index is 12.9. The summed E-state index contributed by atoms with van der Waals surface area (Å²) >= 11 is 0. The minimum absolute atomic E-state index is 0.0718. The highest BCUT2D eigenvalue weighted by atomic mass is 16.6. The van der Waals surface area contributed by atoms with E-state index in [1.165, 1.54) is 218 Å². The van der Waals surface area contributed by atoms with E-state index in [1.807, 2.05) is 0 Å². The van der Waals surface area contributed by atoms with Crippen LogP contribution in [0.15, 0.2) is 24.3 Å². The molecule has 0 radical (unpaired) electrons. The summed E-state index contributed by atoms with van der Waals surface area (Å²) in [7, 11) is 0. The molecule has 6 nitrogen and oxygen atoms in total. The van der Waals surface area contributed by atoms with Crippen molar-refractivity contribution in [3.63, 3.8) is 0 Å². The molecule has 0 fully saturated rings. The lowest BCUT2D eigenvalue weighted by atomic mass is 10.0. The number of hydrogen-bond acceptors (Lipinski definition) is 6. The Morgan fingerprint density at radius 2 is 0.500 bits per heavy atom. The molecule has 388 valence electrons. The molecule has 0 N–H and O–H groups in total. The Morgan fingerprint density at radius 3 is 0.758 bits per heavy atom. The Bertz CT molecular complexity index is 1070. The number of unbranched alkanes of at least 4 members (excludes halogenated alkanes) is 39. The van der Waals surface area contributed by atoms with E-state index in [-0.39, 0.29) is 31.1 Å². The summed E-state index contributed by atoms with van der Waals surface area (Å²) in [5.41, 5.74) is 0. The van der Waals surface area contributed by atoms with Gasteiger partial charge in [-0.25, -0.2) is 0 Å². The van der Waals surface area contributed by atoms with E-state index in [0.29, 0.717) is 19.3 Å². The Kier molecular flexibility index (Phi) is 53.7. The second kappa shape index (κ2) is 55.5. The molecule has 0 aliphatic rings. The van der Waals surface area contributed by atoms with Gasteiger partial charge in [0.05, 0.1) is 0 Å². The highest BCUT2D eigenvalue weighted by molar-refractivity contribution is 5.71. The molecule has 0 rings (SSSR count). The standard InChI is InChI=1S/C60H112O6/c1-4-7-10-13-16-19-22-25-28-30-33-35-38-41-44-47-50-53-59(62)65-56-57(55-64-58(61)52-49-46-43-40-37-34-31-27-24-21-18-15-12-9-6-3)66-60(63)54-51-48-45-42-39-36-32-29-26-23-20-17-14-11-8-5-2/h25,27-28,31,57H,4-24,26,29-30,32-56H2,1-3H3/b28-25-,31-27-. The first-order valence-corrected chi connectivity index (χ1v) is 29.3. The van der Waals surface area contributed by atoms with E-state index in [0.717, 1.165) is 64.2 Å². The fourth-order valence-electron chi connectivity index (χ4n) is 8.73. The van der Waals surface area contributed by atoms with E-state index in [9.17, 15) is 14.4 Å². The van der Waals surface area contributed by atoms with Crippen molar-refractivity contribution in [1.82, 2.24) is 0 Å². The van der Waals surface area contributed by atoms with Gasteiger partial charge in [-0.1, -0.05) is 257 Å². The number of rotatable bonds is 54. The third-order valence-electron chi connectivity index (χ3n) is 13.2. The fraction of sp³-hybridized carbons (Fsp3) is 0.883. The highest BCUT2D eigenvalue weighted by Crippen LogP contribution is 2.17. The lowest BCUT2D eigenvalue weighted by Gasteiger charge is -2.18. The van der Waals surface area contributed by atoms with Crippen molar-refractivity contribution in [3.8, 4) is 0 Å². The van der Waals surface area contributed by atoms with Crippen molar-refractivity contribution in [1.29, 1.82) is 0 Å². The van der Waals surface area contributed by atoms with Crippen molar-refractivity contribution in [2.45, 2.75) is 329 Å². The van der Waals surface area contributed by atoms with Gasteiger partial charge in [0.25, 0.3) is 0 Å². The molecule has 0 spiro atoms. The zero-order valence-electron chi connectivity index (χ0n) is 44.5. The van der Waals surface area contributed by atoms with E-state index in [1.54, 1.807) is 0 Å². The second-order valence-electron chi connectivity index (χ2n) is 19.9. The van der Waals surface area contributed by atoms with Crippen LogP contribution in [0.2, 0.25) is 0 Å². The topological polar surface area (TPSA) is 78.9 Å². The van der Waals surface area contributed by atoms with Crippen LogP contribution in [0.25, 0.3) is 0 Å². The maximum Gasteiger partial charge on any atom is 0.306 e. The number of esters is 3. The quantitative estimate of drug-likeness (QED) is 0.0262. The first-order valence-electron chi connectivity index (χ1n) is 29.3. The molecule has 0 aromatic heterocycles. The van der Waals surface area contributed by atoms with Crippen LogP contribution in [0.1, 0.15) is 323 Å². The normalized spacial score (nSPS) is 12.1. The van der Waals surface area contributed by atoms with Crippen LogP contribution in [0.3, 0.4) is 0 Å². The van der Waals surface area contributed by atoms with Gasteiger partial charge >= 0.3 is 17.9 Å². The van der Waals surface area contributed by atoms with E-state index in [4.69, 9.17) is 14.2 Å². The van der Waals surface area contributed by atoms with E-state index in [2.05, 4.69) is 45.1 Å². The molecule has 0 aliphatic carbocycles. The van der Waals surface area contributed by atoms with Gasteiger partial charge in [-0.05, 0) is 70.6 Å². The molecular formula is C60H112O6. The molecule has 0 heterocycles. The van der Waals surface area contributed by atoms with Crippen LogP contribution >= 0.6 is 0 Å². The molecular weight excluding hydrogens is 817 g/mol. The van der Waals surface area contributed by atoms with Crippen molar-refractivity contribution in [3.05, 3.63) is 24.3 Å². The Labute approximate surface area is 411 Å². The van der Waals surface area contributed by atoms with Crippen molar-refractivity contribution in [2.75, 3.05) is 13.2 Å². The van der Waals surface area contributed by atoms with Crippen LogP contribution in [0, 0.1) is 0 Å². The van der Waals surface area contributed by atoms with Crippen molar-refractivity contribution in [2.24, 2.45) is 0 Å². The first-order chi connectivity index (χ1) is 32.5. The molecule has 6 heteroatoms. The fourth-order valence-corrected chi connectivity index (χ4v) is 8.73. The molecule has 66 heavy (non-hydrogen) atoms. The van der Waals surface area contributed by atoms with Crippen molar-refractivity contribution < 1.29 is 28.6 Å². The van der Waals surface area contributed by atoms with Gasteiger partial charge in [-0.3, -0.25) is 14.4 Å². The van der Waals surface area contributed by atoms with Crippen LogP contribution in [0.5, 0.6) is 0 Å². The SMILES string of the molecule is CCCCCCCC/C=C\CCCCCCCCCC(=O)OCC(COC(=O)CCCCCCC/C=C\CCCCCCCC)OC(=O)CCCCCCCCCCCCCCCCCC. The monoisotopic (exact) mass is 929 g/mol. The highest BCUT2D eigenvalue weighted by Gasteiger charge is 2.19. The predicted octanol–water partition coefficient (Wildman–Crippen LogP) is 19.5. The van der Waals surface area contributed by atoms with Crippen LogP contribution in [-0.2, 0) is 28.6 Å². The summed E-state index contributed by atoms with van der Waals surface area (Å²) in [6.45, 7) is 6.67. The summed E-state index contributed by atoms with van der Waals surface area (Å²) in [5.74, 6) is -0.863. The zero-order chi connectivity index (χ0) is 47.9. The average Bonchev–Trinajstić information content (AvgIpc) is 3.31.